The van der Waals surface area contributed by atoms with Crippen LogP contribution in [0.5, 0.6) is 0 Å². The molecule has 0 fully saturated rings. The predicted molar refractivity (Wildman–Crippen MR) is 109 cm³/mol. The maximum Gasteiger partial charge on any atom is 0.338 e. The van der Waals surface area contributed by atoms with Gasteiger partial charge in [-0.3, -0.25) is 4.31 Å². The van der Waals surface area contributed by atoms with Crippen molar-refractivity contribution in [1.82, 2.24) is 9.55 Å². The number of carbonyl (C=O) groups is 1. The molecular formula is C20H22FN3O4S. The number of para-hydroxylation sites is 1. The van der Waals surface area contributed by atoms with E-state index in [2.05, 4.69) is 4.98 Å². The lowest BCUT2D eigenvalue weighted by Crippen LogP contribution is -2.31. The van der Waals surface area contributed by atoms with Gasteiger partial charge in [-0.25, -0.2) is 22.6 Å². The van der Waals surface area contributed by atoms with Gasteiger partial charge in [0.05, 0.1) is 41.7 Å². The lowest BCUT2D eigenvalue weighted by atomic mass is 10.2. The zero-order valence-corrected chi connectivity index (χ0v) is 17.2. The van der Waals surface area contributed by atoms with Crippen molar-refractivity contribution in [3.63, 3.8) is 0 Å². The van der Waals surface area contributed by atoms with Crippen LogP contribution in [0, 0.1) is 5.82 Å². The maximum atomic E-state index is 14.3. The summed E-state index contributed by atoms with van der Waals surface area (Å²) in [5, 5.41) is 0. The van der Waals surface area contributed by atoms with E-state index in [4.69, 9.17) is 4.74 Å². The largest absolute Gasteiger partial charge is 0.462 e. The minimum Gasteiger partial charge on any atom is -0.462 e. The van der Waals surface area contributed by atoms with Crippen LogP contribution >= 0.6 is 0 Å². The Hall–Kier alpha value is -2.94. The van der Waals surface area contributed by atoms with Gasteiger partial charge in [-0.1, -0.05) is 12.1 Å². The molecule has 0 aliphatic carbocycles. The molecule has 0 saturated heterocycles. The number of benzene rings is 2. The van der Waals surface area contributed by atoms with Crippen molar-refractivity contribution in [1.29, 1.82) is 0 Å². The van der Waals surface area contributed by atoms with Crippen LogP contribution in [-0.4, -0.2) is 36.8 Å². The fraction of sp³-hybridized carbons (Fsp3) is 0.300. The van der Waals surface area contributed by atoms with Gasteiger partial charge >= 0.3 is 5.97 Å². The molecule has 3 rings (SSSR count). The van der Waals surface area contributed by atoms with Crippen LogP contribution in [0.4, 0.5) is 10.1 Å². The molecule has 0 unspecified atom stereocenters. The lowest BCUT2D eigenvalue weighted by Gasteiger charge is -2.22. The number of aromatic nitrogens is 2. The molecule has 9 heteroatoms. The molecule has 0 atom stereocenters. The number of fused-ring (bicyclic) bond motifs is 1. The van der Waals surface area contributed by atoms with Gasteiger partial charge < -0.3 is 9.30 Å². The van der Waals surface area contributed by atoms with Crippen LogP contribution in [0.2, 0.25) is 0 Å². The highest BCUT2D eigenvalue weighted by molar-refractivity contribution is 7.92. The third-order valence-electron chi connectivity index (χ3n) is 4.46. The third kappa shape index (κ3) is 4.24. The number of hydrogen-bond acceptors (Lipinski definition) is 5. The molecule has 0 N–H and O–H groups in total. The van der Waals surface area contributed by atoms with E-state index in [0.717, 1.165) is 16.1 Å². The number of aryl methyl sites for hydroxylation is 1. The number of rotatable bonds is 7. The molecule has 0 bridgehead atoms. The number of ether oxygens (including phenoxy) is 1. The molecule has 29 heavy (non-hydrogen) atoms. The van der Waals surface area contributed by atoms with Crippen molar-refractivity contribution >= 4 is 32.7 Å². The molecule has 1 aromatic heterocycles. The predicted octanol–water partition coefficient (Wildman–Crippen LogP) is 3.34. The summed E-state index contributed by atoms with van der Waals surface area (Å²) in [4.78, 5) is 16.5. The van der Waals surface area contributed by atoms with Gasteiger partial charge in [0.2, 0.25) is 10.0 Å². The number of nitrogens with zero attached hydrogens (tertiary/aromatic N) is 3. The number of esters is 1. The first-order chi connectivity index (χ1) is 13.8. The summed E-state index contributed by atoms with van der Waals surface area (Å²) in [5.74, 6) is -0.648. The number of anilines is 1. The van der Waals surface area contributed by atoms with E-state index in [1.165, 1.54) is 18.2 Å². The second-order valence-corrected chi connectivity index (χ2v) is 8.32. The van der Waals surface area contributed by atoms with Gasteiger partial charge in [0.25, 0.3) is 0 Å². The first-order valence-electron chi connectivity index (χ1n) is 9.14. The molecule has 0 spiro atoms. The standard InChI is InChI=1S/C20H22FN3O4S/c1-4-23-18-11-10-14(20(25)28-5-2)12-16(18)22-19(23)13-24(29(3,26)27)17-9-7-6-8-15(17)21/h6-12H,4-5,13H2,1-3H3. The van der Waals surface area contributed by atoms with Gasteiger partial charge in [-0.15, -0.1) is 0 Å². The van der Waals surface area contributed by atoms with E-state index < -0.39 is 21.8 Å². The van der Waals surface area contributed by atoms with Gasteiger partial charge in [0, 0.05) is 6.54 Å². The normalized spacial score (nSPS) is 11.6. The number of carbonyl (C=O) groups excluding carboxylic acids is 1. The average molecular weight is 419 g/mol. The molecule has 1 heterocycles. The van der Waals surface area contributed by atoms with Gasteiger partial charge in [0.1, 0.15) is 11.6 Å². The zero-order chi connectivity index (χ0) is 21.2. The highest BCUT2D eigenvalue weighted by atomic mass is 32.2. The molecule has 2 aromatic carbocycles. The van der Waals surface area contributed by atoms with Crippen LogP contribution in [0.3, 0.4) is 0 Å². The van der Waals surface area contributed by atoms with Crippen LogP contribution in [0.1, 0.15) is 30.0 Å². The molecule has 0 radical (unpaired) electrons. The highest BCUT2D eigenvalue weighted by Crippen LogP contribution is 2.26. The Morgan fingerprint density at radius 1 is 1.21 bits per heavy atom. The fourth-order valence-electron chi connectivity index (χ4n) is 3.16. The van der Waals surface area contributed by atoms with Crippen molar-refractivity contribution in [2.75, 3.05) is 17.2 Å². The Morgan fingerprint density at radius 3 is 2.55 bits per heavy atom. The minimum absolute atomic E-state index is 0.0445. The molecule has 3 aromatic rings. The van der Waals surface area contributed by atoms with Crippen LogP contribution in [-0.2, 0) is 27.8 Å². The summed E-state index contributed by atoms with van der Waals surface area (Å²) >= 11 is 0. The average Bonchev–Trinajstić information content (AvgIpc) is 3.02. The first kappa shape index (κ1) is 20.8. The van der Waals surface area contributed by atoms with Crippen molar-refractivity contribution in [3.8, 4) is 0 Å². The highest BCUT2D eigenvalue weighted by Gasteiger charge is 2.24. The van der Waals surface area contributed by atoms with Crippen molar-refractivity contribution < 1.29 is 22.3 Å². The number of halogens is 1. The second-order valence-electron chi connectivity index (χ2n) is 6.42. The monoisotopic (exact) mass is 419 g/mol. The molecule has 0 aliphatic rings. The molecule has 7 nitrogen and oxygen atoms in total. The van der Waals surface area contributed by atoms with Crippen molar-refractivity contribution in [3.05, 3.63) is 59.7 Å². The third-order valence-corrected chi connectivity index (χ3v) is 5.59. The van der Waals surface area contributed by atoms with Crippen LogP contribution in [0.15, 0.2) is 42.5 Å². The number of hydrogen-bond donors (Lipinski definition) is 0. The Kier molecular flexibility index (Phi) is 5.88. The summed E-state index contributed by atoms with van der Waals surface area (Å²) in [7, 11) is -3.76. The van der Waals surface area contributed by atoms with E-state index >= 15 is 0 Å². The SMILES string of the molecule is CCOC(=O)c1ccc2c(c1)nc(CN(c1ccccc1F)S(C)(=O)=O)n2CC. The van der Waals surface area contributed by atoms with Gasteiger partial charge in [0.15, 0.2) is 0 Å². The molecule has 154 valence electrons. The smallest absolute Gasteiger partial charge is 0.338 e. The minimum atomic E-state index is -3.76. The second kappa shape index (κ2) is 8.20. The van der Waals surface area contributed by atoms with E-state index in [1.54, 1.807) is 31.2 Å². The lowest BCUT2D eigenvalue weighted by molar-refractivity contribution is 0.0526. The Balaban J connectivity index is 2.08. The summed E-state index contributed by atoms with van der Waals surface area (Å²) < 4.78 is 46.9. The molecule has 0 amide bonds. The van der Waals surface area contributed by atoms with E-state index in [-0.39, 0.29) is 18.8 Å². The summed E-state index contributed by atoms with van der Waals surface area (Å²) in [5.41, 5.74) is 1.60. The summed E-state index contributed by atoms with van der Waals surface area (Å²) in [6.07, 6.45) is 1.03. The van der Waals surface area contributed by atoms with Gasteiger partial charge in [-0.05, 0) is 44.2 Å². The topological polar surface area (TPSA) is 81.5 Å². The zero-order valence-electron chi connectivity index (χ0n) is 16.4. The van der Waals surface area contributed by atoms with E-state index in [9.17, 15) is 17.6 Å². The van der Waals surface area contributed by atoms with E-state index in [1.807, 2.05) is 11.5 Å². The Bertz CT molecular complexity index is 1160. The van der Waals surface area contributed by atoms with Crippen LogP contribution in [0.25, 0.3) is 11.0 Å². The fourth-order valence-corrected chi connectivity index (χ4v) is 4.01. The quantitative estimate of drug-likeness (QED) is 0.549. The molecule has 0 aliphatic heterocycles. The summed E-state index contributed by atoms with van der Waals surface area (Å²) in [6, 6.07) is 10.7. The van der Waals surface area contributed by atoms with E-state index in [0.29, 0.717) is 23.4 Å². The van der Waals surface area contributed by atoms with Crippen LogP contribution < -0.4 is 4.31 Å². The number of imidazole rings is 1. The maximum absolute atomic E-state index is 14.3. The van der Waals surface area contributed by atoms with Gasteiger partial charge in [-0.2, -0.15) is 0 Å². The Morgan fingerprint density at radius 2 is 1.93 bits per heavy atom. The molecular weight excluding hydrogens is 397 g/mol. The Labute approximate surface area is 168 Å². The summed E-state index contributed by atoms with van der Waals surface area (Å²) in [6.45, 7) is 4.27. The first-order valence-corrected chi connectivity index (χ1v) is 11.0. The molecule has 0 saturated carbocycles. The van der Waals surface area contributed by atoms with Crippen molar-refractivity contribution in [2.24, 2.45) is 0 Å². The number of sulfonamides is 1. The van der Waals surface area contributed by atoms with Crippen molar-refractivity contribution in [2.45, 2.75) is 26.9 Å².